The molecule has 82 valence electrons. The Labute approximate surface area is 98.7 Å². The van der Waals surface area contributed by atoms with Gasteiger partial charge in [-0.1, -0.05) is 15.9 Å². The van der Waals surface area contributed by atoms with E-state index in [2.05, 4.69) is 31.9 Å². The topological polar surface area (TPSA) is 43.1 Å². The number of rotatable bonds is 1. The Morgan fingerprint density at radius 3 is 2.20 bits per heavy atom. The normalized spacial score (nSPS) is 11.5. The monoisotopic (exact) mass is 347 g/mol. The van der Waals surface area contributed by atoms with Crippen molar-refractivity contribution in [2.24, 2.45) is 0 Å². The first kappa shape index (κ1) is 12.4. The molecule has 1 rings (SSSR count). The number of hydrogen-bond donors (Lipinski definition) is 0. The number of benzene rings is 1. The summed E-state index contributed by atoms with van der Waals surface area (Å²) < 4.78 is 36.6. The maximum atomic E-state index is 12.4. The Morgan fingerprint density at radius 1 is 1.27 bits per heavy atom. The lowest BCUT2D eigenvalue weighted by molar-refractivity contribution is -0.386. The predicted octanol–water partition coefficient (Wildman–Crippen LogP) is 4.14. The summed E-state index contributed by atoms with van der Waals surface area (Å²) in [5, 5.41) is 10.4. The fourth-order valence-electron chi connectivity index (χ4n) is 0.914. The highest BCUT2D eigenvalue weighted by atomic mass is 79.9. The molecular formula is C7H2Br2F3NO2. The van der Waals surface area contributed by atoms with Crippen molar-refractivity contribution in [3.63, 3.8) is 0 Å². The Morgan fingerprint density at radius 2 is 1.80 bits per heavy atom. The summed E-state index contributed by atoms with van der Waals surface area (Å²) in [6.45, 7) is 0. The van der Waals surface area contributed by atoms with E-state index in [4.69, 9.17) is 0 Å². The molecule has 15 heavy (non-hydrogen) atoms. The molecule has 0 bridgehead atoms. The average molecular weight is 349 g/mol. The van der Waals surface area contributed by atoms with Gasteiger partial charge in [0.2, 0.25) is 0 Å². The van der Waals surface area contributed by atoms with E-state index in [0.717, 1.165) is 12.1 Å². The van der Waals surface area contributed by atoms with E-state index in [0.29, 0.717) is 0 Å². The van der Waals surface area contributed by atoms with Crippen LogP contribution < -0.4 is 0 Å². The summed E-state index contributed by atoms with van der Waals surface area (Å²) in [5.74, 6) is 0. The largest absolute Gasteiger partial charge is 0.417 e. The maximum Gasteiger partial charge on any atom is 0.417 e. The van der Waals surface area contributed by atoms with Gasteiger partial charge in [-0.2, -0.15) is 13.2 Å². The molecule has 8 heteroatoms. The Hall–Kier alpha value is -0.630. The fraction of sp³-hybridized carbons (Fsp3) is 0.143. The third kappa shape index (κ3) is 2.69. The molecule has 1 aromatic carbocycles. The minimum atomic E-state index is -4.63. The zero-order chi connectivity index (χ0) is 11.8. The molecule has 0 aliphatic heterocycles. The van der Waals surface area contributed by atoms with Crippen molar-refractivity contribution in [1.82, 2.24) is 0 Å². The van der Waals surface area contributed by atoms with Gasteiger partial charge in [-0.05, 0) is 22.0 Å². The lowest BCUT2D eigenvalue weighted by Crippen LogP contribution is -2.07. The highest BCUT2D eigenvalue weighted by molar-refractivity contribution is 9.11. The van der Waals surface area contributed by atoms with Crippen LogP contribution in [0.3, 0.4) is 0 Å². The van der Waals surface area contributed by atoms with Crippen molar-refractivity contribution < 1.29 is 18.1 Å². The van der Waals surface area contributed by atoms with Crippen LogP contribution in [0, 0.1) is 10.1 Å². The van der Waals surface area contributed by atoms with Crippen LogP contribution >= 0.6 is 31.9 Å². The third-order valence-corrected chi connectivity index (χ3v) is 2.81. The average Bonchev–Trinajstić information content (AvgIpc) is 2.06. The highest BCUT2D eigenvalue weighted by Gasteiger charge is 2.36. The zero-order valence-electron chi connectivity index (χ0n) is 6.81. The first-order valence-electron chi connectivity index (χ1n) is 3.44. The molecule has 0 amide bonds. The van der Waals surface area contributed by atoms with Crippen molar-refractivity contribution >= 4 is 37.5 Å². The molecule has 0 saturated heterocycles. The molecule has 0 fully saturated rings. The molecule has 3 nitrogen and oxygen atoms in total. The van der Waals surface area contributed by atoms with Gasteiger partial charge in [0.15, 0.2) is 0 Å². The lowest BCUT2D eigenvalue weighted by Gasteiger charge is -2.09. The van der Waals surface area contributed by atoms with Gasteiger partial charge in [-0.3, -0.25) is 10.1 Å². The molecule has 0 aromatic heterocycles. The smallest absolute Gasteiger partial charge is 0.258 e. The minimum absolute atomic E-state index is 0.00438. The van der Waals surface area contributed by atoms with E-state index in [9.17, 15) is 23.3 Å². The van der Waals surface area contributed by atoms with Crippen molar-refractivity contribution in [2.75, 3.05) is 0 Å². The van der Waals surface area contributed by atoms with Crippen LogP contribution in [0.15, 0.2) is 21.1 Å². The predicted molar refractivity (Wildman–Crippen MR) is 53.5 cm³/mol. The minimum Gasteiger partial charge on any atom is -0.258 e. The molecule has 0 spiro atoms. The van der Waals surface area contributed by atoms with E-state index < -0.39 is 26.8 Å². The summed E-state index contributed by atoms with van der Waals surface area (Å²) in [5.41, 5.74) is -1.71. The van der Waals surface area contributed by atoms with Gasteiger partial charge in [-0.15, -0.1) is 0 Å². The van der Waals surface area contributed by atoms with Gasteiger partial charge in [0.1, 0.15) is 4.47 Å². The summed E-state index contributed by atoms with van der Waals surface area (Å²) in [6.07, 6.45) is -4.63. The maximum absolute atomic E-state index is 12.4. The van der Waals surface area contributed by atoms with Crippen LogP contribution in [-0.4, -0.2) is 4.92 Å². The molecule has 1 aromatic rings. The van der Waals surface area contributed by atoms with Gasteiger partial charge in [0.05, 0.1) is 10.5 Å². The standard InChI is InChI=1S/C7H2Br2F3NO2/c8-3-1-4(7(10,11)12)6(9)5(2-3)13(14)15/h1-2H. The number of alkyl halides is 3. The molecule has 0 heterocycles. The highest BCUT2D eigenvalue weighted by Crippen LogP contribution is 2.41. The summed E-state index contributed by atoms with van der Waals surface area (Å²) >= 11 is 5.35. The quantitative estimate of drug-likeness (QED) is 0.565. The number of nitro groups is 1. The number of nitrogens with zero attached hydrogens (tertiary/aromatic N) is 1. The molecule has 0 radical (unpaired) electrons. The third-order valence-electron chi connectivity index (χ3n) is 1.52. The van der Waals surface area contributed by atoms with Gasteiger partial charge in [-0.25, -0.2) is 0 Å². The Bertz CT molecular complexity index is 419. The molecule has 0 aliphatic carbocycles. The summed E-state index contributed by atoms with van der Waals surface area (Å²) in [6, 6.07) is 1.77. The first-order valence-corrected chi connectivity index (χ1v) is 5.02. The molecule has 0 atom stereocenters. The molecule has 0 unspecified atom stereocenters. The Kier molecular flexibility index (Phi) is 3.39. The second-order valence-corrected chi connectivity index (χ2v) is 4.25. The van der Waals surface area contributed by atoms with Crippen molar-refractivity contribution in [3.8, 4) is 0 Å². The van der Waals surface area contributed by atoms with Crippen LogP contribution in [0.5, 0.6) is 0 Å². The van der Waals surface area contributed by atoms with Crippen LogP contribution in [0.2, 0.25) is 0 Å². The number of halogens is 5. The van der Waals surface area contributed by atoms with Crippen molar-refractivity contribution in [3.05, 3.63) is 36.8 Å². The SMILES string of the molecule is O=[N+]([O-])c1cc(Br)cc(C(F)(F)F)c1Br. The van der Waals surface area contributed by atoms with E-state index in [1.54, 1.807) is 0 Å². The zero-order valence-corrected chi connectivity index (χ0v) is 9.98. The molecule has 0 aliphatic rings. The number of nitro benzene ring substituents is 1. The van der Waals surface area contributed by atoms with Crippen molar-refractivity contribution in [1.29, 1.82) is 0 Å². The molecule has 0 N–H and O–H groups in total. The Balaban J connectivity index is 3.49. The van der Waals surface area contributed by atoms with E-state index in [1.165, 1.54) is 0 Å². The van der Waals surface area contributed by atoms with E-state index in [-0.39, 0.29) is 4.47 Å². The van der Waals surface area contributed by atoms with E-state index >= 15 is 0 Å². The van der Waals surface area contributed by atoms with Crippen LogP contribution in [0.4, 0.5) is 18.9 Å². The van der Waals surface area contributed by atoms with Crippen LogP contribution in [-0.2, 0) is 6.18 Å². The van der Waals surface area contributed by atoms with Gasteiger partial charge in [0.25, 0.3) is 5.69 Å². The second-order valence-electron chi connectivity index (χ2n) is 2.54. The van der Waals surface area contributed by atoms with Crippen molar-refractivity contribution in [2.45, 2.75) is 6.18 Å². The van der Waals surface area contributed by atoms with Gasteiger partial charge < -0.3 is 0 Å². The lowest BCUT2D eigenvalue weighted by atomic mass is 10.2. The van der Waals surface area contributed by atoms with Crippen LogP contribution in [0.1, 0.15) is 5.56 Å². The second kappa shape index (κ2) is 4.09. The number of hydrogen-bond acceptors (Lipinski definition) is 2. The summed E-state index contributed by atoms with van der Waals surface area (Å²) in [7, 11) is 0. The summed E-state index contributed by atoms with van der Waals surface area (Å²) in [4.78, 5) is 9.56. The van der Waals surface area contributed by atoms with Gasteiger partial charge in [0, 0.05) is 10.5 Å². The molecular weight excluding hydrogens is 347 g/mol. The van der Waals surface area contributed by atoms with Crippen LogP contribution in [0.25, 0.3) is 0 Å². The fourth-order valence-corrected chi connectivity index (χ4v) is 1.96. The first-order chi connectivity index (χ1) is 6.73. The van der Waals surface area contributed by atoms with E-state index in [1.807, 2.05) is 0 Å². The molecule has 0 saturated carbocycles. The van der Waals surface area contributed by atoms with Gasteiger partial charge >= 0.3 is 6.18 Å².